The van der Waals surface area contributed by atoms with Gasteiger partial charge in [-0.2, -0.15) is 0 Å². The van der Waals surface area contributed by atoms with Gasteiger partial charge in [-0.3, -0.25) is 14.5 Å². The molecule has 2 unspecified atom stereocenters. The third-order valence-electron chi connectivity index (χ3n) is 4.34. The quantitative estimate of drug-likeness (QED) is 0.684. The minimum absolute atomic E-state index is 0.0187. The van der Waals surface area contributed by atoms with E-state index in [2.05, 4.69) is 5.32 Å². The molecule has 1 saturated carbocycles. The molecule has 6 nitrogen and oxygen atoms in total. The van der Waals surface area contributed by atoms with E-state index in [1.807, 2.05) is 4.90 Å². The molecule has 1 saturated heterocycles. The number of ether oxygens (including phenoxy) is 1. The van der Waals surface area contributed by atoms with Gasteiger partial charge in [0.25, 0.3) is 0 Å². The molecule has 0 aromatic rings. The van der Waals surface area contributed by atoms with Crippen molar-refractivity contribution >= 4 is 11.9 Å². The molecule has 0 bridgehead atoms. The average molecular weight is 284 g/mol. The highest BCUT2D eigenvalue weighted by molar-refractivity contribution is 5.73. The van der Waals surface area contributed by atoms with E-state index in [0.717, 1.165) is 18.9 Å². The van der Waals surface area contributed by atoms with Crippen LogP contribution < -0.4 is 5.32 Å². The maximum Gasteiger partial charge on any atom is 0.317 e. The second-order valence-corrected chi connectivity index (χ2v) is 5.95. The Morgan fingerprint density at radius 1 is 1.35 bits per heavy atom. The fourth-order valence-electron chi connectivity index (χ4n) is 3.03. The molecule has 2 aliphatic rings. The number of methoxy groups -OCH3 is 1. The van der Waals surface area contributed by atoms with Crippen LogP contribution in [0.4, 0.5) is 0 Å². The van der Waals surface area contributed by atoms with Crippen molar-refractivity contribution in [1.82, 2.24) is 10.2 Å². The van der Waals surface area contributed by atoms with Gasteiger partial charge in [-0.25, -0.2) is 0 Å². The molecular formula is C14H24N2O4. The monoisotopic (exact) mass is 284 g/mol. The summed E-state index contributed by atoms with van der Waals surface area (Å²) in [6, 6.07) is 0.174. The Labute approximate surface area is 119 Å². The molecule has 2 N–H and O–H groups in total. The van der Waals surface area contributed by atoms with Gasteiger partial charge in [0.1, 0.15) is 0 Å². The lowest BCUT2D eigenvalue weighted by Gasteiger charge is -2.37. The van der Waals surface area contributed by atoms with Crippen LogP contribution in [0, 0.1) is 11.8 Å². The number of aliphatic carboxylic acids is 1. The molecule has 2 fully saturated rings. The third kappa shape index (κ3) is 4.18. The number of carbonyl (C=O) groups is 2. The van der Waals surface area contributed by atoms with Gasteiger partial charge in [-0.15, -0.1) is 0 Å². The average Bonchev–Trinajstić information content (AvgIpc) is 2.35. The Morgan fingerprint density at radius 3 is 2.65 bits per heavy atom. The number of piperidine rings is 1. The summed E-state index contributed by atoms with van der Waals surface area (Å²) in [5.41, 5.74) is 0. The molecule has 20 heavy (non-hydrogen) atoms. The Balaban J connectivity index is 1.87. The van der Waals surface area contributed by atoms with Crippen molar-refractivity contribution < 1.29 is 19.4 Å². The number of esters is 1. The molecule has 1 heterocycles. The molecule has 0 aromatic carbocycles. The maximum atomic E-state index is 11.7. The van der Waals surface area contributed by atoms with Crippen molar-refractivity contribution in [2.45, 2.75) is 31.7 Å². The lowest BCUT2D eigenvalue weighted by Crippen LogP contribution is -2.53. The Bertz CT molecular complexity index is 357. The van der Waals surface area contributed by atoms with E-state index in [9.17, 15) is 9.59 Å². The summed E-state index contributed by atoms with van der Waals surface area (Å²) in [6.07, 6.45) is 4.60. The highest BCUT2D eigenvalue weighted by Crippen LogP contribution is 2.26. The fraction of sp³-hybridized carbons (Fsp3) is 0.857. The molecule has 6 heteroatoms. The molecule has 0 aromatic heterocycles. The molecule has 114 valence electrons. The lowest BCUT2D eigenvalue weighted by atomic mass is 9.85. The first-order valence-electron chi connectivity index (χ1n) is 7.34. The van der Waals surface area contributed by atoms with E-state index >= 15 is 0 Å². The van der Waals surface area contributed by atoms with Crippen LogP contribution in [0.5, 0.6) is 0 Å². The van der Waals surface area contributed by atoms with Gasteiger partial charge >= 0.3 is 11.9 Å². The number of carboxylic acids is 1. The molecule has 2 atom stereocenters. The van der Waals surface area contributed by atoms with E-state index in [1.54, 1.807) is 0 Å². The zero-order valence-electron chi connectivity index (χ0n) is 12.0. The SMILES string of the molecule is COC(=O)C1CC(NCC2CCC2)CN(CC(=O)O)C1. The summed E-state index contributed by atoms with van der Waals surface area (Å²) in [5, 5.41) is 12.4. The molecule has 1 aliphatic heterocycles. The van der Waals surface area contributed by atoms with Gasteiger partial charge in [0, 0.05) is 19.1 Å². The summed E-state index contributed by atoms with van der Waals surface area (Å²) in [7, 11) is 1.38. The van der Waals surface area contributed by atoms with E-state index in [1.165, 1.54) is 26.4 Å². The predicted molar refractivity (Wildman–Crippen MR) is 73.3 cm³/mol. The number of carboxylic acid groups (broad SMARTS) is 1. The van der Waals surface area contributed by atoms with Crippen LogP contribution in [0.15, 0.2) is 0 Å². The summed E-state index contributed by atoms with van der Waals surface area (Å²) >= 11 is 0. The number of carbonyl (C=O) groups excluding carboxylic acids is 1. The summed E-state index contributed by atoms with van der Waals surface area (Å²) in [6.45, 7) is 2.11. The minimum Gasteiger partial charge on any atom is -0.480 e. The third-order valence-corrected chi connectivity index (χ3v) is 4.34. The summed E-state index contributed by atoms with van der Waals surface area (Å²) in [4.78, 5) is 24.4. The Hall–Kier alpha value is -1.14. The Kier molecular flexibility index (Phi) is 5.37. The minimum atomic E-state index is -0.853. The smallest absolute Gasteiger partial charge is 0.317 e. The number of nitrogens with zero attached hydrogens (tertiary/aromatic N) is 1. The highest BCUT2D eigenvalue weighted by Gasteiger charge is 2.33. The lowest BCUT2D eigenvalue weighted by molar-refractivity contribution is -0.149. The predicted octanol–water partition coefficient (Wildman–Crippen LogP) is 0.324. The molecule has 1 aliphatic carbocycles. The summed E-state index contributed by atoms with van der Waals surface area (Å²) < 4.78 is 4.81. The van der Waals surface area contributed by atoms with Crippen molar-refractivity contribution in [2.75, 3.05) is 33.3 Å². The fourth-order valence-corrected chi connectivity index (χ4v) is 3.03. The molecular weight excluding hydrogens is 260 g/mol. The van der Waals surface area contributed by atoms with Crippen molar-refractivity contribution in [1.29, 1.82) is 0 Å². The van der Waals surface area contributed by atoms with Crippen LogP contribution in [-0.4, -0.2) is 61.3 Å². The van der Waals surface area contributed by atoms with E-state index in [0.29, 0.717) is 13.1 Å². The van der Waals surface area contributed by atoms with Crippen molar-refractivity contribution in [2.24, 2.45) is 11.8 Å². The molecule has 2 rings (SSSR count). The van der Waals surface area contributed by atoms with Gasteiger partial charge in [-0.1, -0.05) is 6.42 Å². The first-order chi connectivity index (χ1) is 9.58. The number of rotatable bonds is 6. The van der Waals surface area contributed by atoms with Crippen molar-refractivity contribution in [3.05, 3.63) is 0 Å². The van der Waals surface area contributed by atoms with Gasteiger partial charge < -0.3 is 15.2 Å². The Morgan fingerprint density at radius 2 is 2.10 bits per heavy atom. The summed E-state index contributed by atoms with van der Waals surface area (Å²) in [5.74, 6) is -0.572. The molecule has 0 spiro atoms. The second kappa shape index (κ2) is 7.04. The number of hydrogen-bond donors (Lipinski definition) is 2. The highest BCUT2D eigenvalue weighted by atomic mass is 16.5. The van der Waals surface area contributed by atoms with Gasteiger partial charge in [0.15, 0.2) is 0 Å². The van der Waals surface area contributed by atoms with Gasteiger partial charge in [0.05, 0.1) is 19.6 Å². The zero-order valence-corrected chi connectivity index (χ0v) is 12.0. The number of hydrogen-bond acceptors (Lipinski definition) is 5. The van der Waals surface area contributed by atoms with Gasteiger partial charge in [0.2, 0.25) is 0 Å². The van der Waals surface area contributed by atoms with Crippen LogP contribution in [-0.2, 0) is 14.3 Å². The molecule has 0 radical (unpaired) electrons. The standard InChI is InChI=1S/C14H24N2O4/c1-20-14(19)11-5-12(15-6-10-3-2-4-10)8-16(7-11)9-13(17)18/h10-12,15H,2-9H2,1H3,(H,17,18). The zero-order chi connectivity index (χ0) is 14.5. The first-order valence-corrected chi connectivity index (χ1v) is 7.34. The van der Waals surface area contributed by atoms with Gasteiger partial charge in [-0.05, 0) is 31.7 Å². The van der Waals surface area contributed by atoms with Crippen LogP contribution in [0.1, 0.15) is 25.7 Å². The topological polar surface area (TPSA) is 78.9 Å². The number of likely N-dealkylation sites (tertiary alicyclic amines) is 1. The van der Waals surface area contributed by atoms with Crippen molar-refractivity contribution in [3.63, 3.8) is 0 Å². The largest absolute Gasteiger partial charge is 0.480 e. The van der Waals surface area contributed by atoms with Crippen LogP contribution >= 0.6 is 0 Å². The van der Waals surface area contributed by atoms with E-state index in [4.69, 9.17) is 9.84 Å². The van der Waals surface area contributed by atoms with Crippen LogP contribution in [0.2, 0.25) is 0 Å². The normalized spacial score (nSPS) is 27.9. The van der Waals surface area contributed by atoms with E-state index in [-0.39, 0.29) is 24.5 Å². The van der Waals surface area contributed by atoms with Crippen LogP contribution in [0.3, 0.4) is 0 Å². The van der Waals surface area contributed by atoms with E-state index < -0.39 is 5.97 Å². The first kappa shape index (κ1) is 15.3. The second-order valence-electron chi connectivity index (χ2n) is 5.95. The number of nitrogens with one attached hydrogen (secondary N) is 1. The maximum absolute atomic E-state index is 11.7. The molecule has 0 amide bonds. The van der Waals surface area contributed by atoms with Crippen molar-refractivity contribution in [3.8, 4) is 0 Å². The van der Waals surface area contributed by atoms with Crippen LogP contribution in [0.25, 0.3) is 0 Å².